The molecule has 4 aromatic rings. The van der Waals surface area contributed by atoms with Crippen molar-refractivity contribution in [2.45, 2.75) is 5.75 Å². The molecule has 6 nitrogen and oxygen atoms in total. The Kier molecular flexibility index (Phi) is 4.90. The highest BCUT2D eigenvalue weighted by atomic mass is 32.2. The lowest BCUT2D eigenvalue weighted by Gasteiger charge is -2.07. The number of carbonyl (C=O) groups excluding carboxylic acids is 1. The summed E-state index contributed by atoms with van der Waals surface area (Å²) in [6.07, 6.45) is 1.17. The number of H-pyrrole nitrogens is 1. The van der Waals surface area contributed by atoms with Crippen molar-refractivity contribution in [1.82, 2.24) is 9.97 Å². The van der Waals surface area contributed by atoms with Crippen molar-refractivity contribution in [1.29, 1.82) is 0 Å². The quantitative estimate of drug-likeness (QED) is 0.524. The molecule has 4 rings (SSSR count). The zero-order valence-electron chi connectivity index (χ0n) is 15.7. The van der Waals surface area contributed by atoms with Gasteiger partial charge in [0.05, 0.1) is 16.8 Å². The van der Waals surface area contributed by atoms with Gasteiger partial charge in [-0.2, -0.15) is 0 Å². The van der Waals surface area contributed by atoms with Crippen molar-refractivity contribution in [3.63, 3.8) is 0 Å². The minimum atomic E-state index is -3.16. The molecular weight excluding hydrogens is 386 g/mol. The Balaban J connectivity index is 1.50. The Hall–Kier alpha value is -3.45. The number of sulfone groups is 1. The van der Waals surface area contributed by atoms with Crippen molar-refractivity contribution >= 4 is 32.5 Å². The number of nitrogens with one attached hydrogen (secondary N) is 2. The molecule has 0 radical (unpaired) electrons. The first kappa shape index (κ1) is 18.9. The van der Waals surface area contributed by atoms with Crippen LogP contribution in [0.3, 0.4) is 0 Å². The third-order valence-corrected chi connectivity index (χ3v) is 5.28. The molecule has 0 saturated carbocycles. The Bertz CT molecular complexity index is 1260. The summed E-state index contributed by atoms with van der Waals surface area (Å²) in [7, 11) is -3.16. The number of imidazole rings is 1. The molecule has 1 heterocycles. The van der Waals surface area contributed by atoms with Crippen LogP contribution in [0.15, 0.2) is 72.8 Å². The molecule has 0 saturated heterocycles. The number of nitrogens with zero attached hydrogens (tertiary/aromatic N) is 1. The van der Waals surface area contributed by atoms with Gasteiger partial charge in [-0.05, 0) is 54.1 Å². The van der Waals surface area contributed by atoms with E-state index in [4.69, 9.17) is 0 Å². The number of para-hydroxylation sites is 2. The fraction of sp³-hybridized carbons (Fsp3) is 0.0909. The Labute approximate surface area is 168 Å². The largest absolute Gasteiger partial charge is 0.338 e. The summed E-state index contributed by atoms with van der Waals surface area (Å²) < 4.78 is 22.9. The maximum Gasteiger partial charge on any atom is 0.255 e. The number of benzene rings is 3. The van der Waals surface area contributed by atoms with Crippen molar-refractivity contribution in [3.05, 3.63) is 83.9 Å². The maximum atomic E-state index is 12.5. The van der Waals surface area contributed by atoms with Gasteiger partial charge in [0, 0.05) is 23.1 Å². The summed E-state index contributed by atoms with van der Waals surface area (Å²) in [6, 6.07) is 21.8. The molecular formula is C22H19N3O3S. The lowest BCUT2D eigenvalue weighted by Crippen LogP contribution is -2.12. The molecule has 29 heavy (non-hydrogen) atoms. The Morgan fingerprint density at radius 1 is 1.00 bits per heavy atom. The van der Waals surface area contributed by atoms with Gasteiger partial charge in [0.2, 0.25) is 0 Å². The fourth-order valence-electron chi connectivity index (χ4n) is 3.11. The molecule has 3 aromatic carbocycles. The predicted molar refractivity (Wildman–Crippen MR) is 114 cm³/mol. The summed E-state index contributed by atoms with van der Waals surface area (Å²) in [4.78, 5) is 20.4. The van der Waals surface area contributed by atoms with Gasteiger partial charge in [-0.1, -0.05) is 24.3 Å². The van der Waals surface area contributed by atoms with E-state index in [1.165, 1.54) is 6.26 Å². The average molecular weight is 405 g/mol. The maximum absolute atomic E-state index is 12.5. The first-order valence-corrected chi connectivity index (χ1v) is 11.1. The van der Waals surface area contributed by atoms with Crippen molar-refractivity contribution in [2.24, 2.45) is 0 Å². The lowest BCUT2D eigenvalue weighted by atomic mass is 10.1. The first-order chi connectivity index (χ1) is 13.9. The van der Waals surface area contributed by atoms with Crippen molar-refractivity contribution < 1.29 is 13.2 Å². The zero-order valence-corrected chi connectivity index (χ0v) is 16.5. The molecule has 1 amide bonds. The van der Waals surface area contributed by atoms with Gasteiger partial charge in [-0.3, -0.25) is 4.79 Å². The summed E-state index contributed by atoms with van der Waals surface area (Å²) >= 11 is 0. The molecule has 0 atom stereocenters. The smallest absolute Gasteiger partial charge is 0.255 e. The third-order valence-electron chi connectivity index (χ3n) is 4.42. The number of hydrogen-bond acceptors (Lipinski definition) is 4. The number of anilines is 1. The number of rotatable bonds is 5. The fourth-order valence-corrected chi connectivity index (χ4v) is 3.89. The molecule has 0 spiro atoms. The van der Waals surface area contributed by atoms with Crippen molar-refractivity contribution in [3.8, 4) is 11.4 Å². The van der Waals surface area contributed by atoms with Gasteiger partial charge in [0.25, 0.3) is 5.91 Å². The van der Waals surface area contributed by atoms with Crippen LogP contribution in [0, 0.1) is 0 Å². The van der Waals surface area contributed by atoms with Crippen LogP contribution in [0.1, 0.15) is 15.9 Å². The molecule has 7 heteroatoms. The van der Waals surface area contributed by atoms with E-state index >= 15 is 0 Å². The minimum absolute atomic E-state index is 0.0969. The predicted octanol–water partition coefficient (Wildman–Crippen LogP) is 4.03. The minimum Gasteiger partial charge on any atom is -0.338 e. The van der Waals surface area contributed by atoms with Gasteiger partial charge in [-0.25, -0.2) is 13.4 Å². The third kappa shape index (κ3) is 4.52. The van der Waals surface area contributed by atoms with Crippen molar-refractivity contribution in [2.75, 3.05) is 11.6 Å². The number of amides is 1. The van der Waals surface area contributed by atoms with Crippen LogP contribution in [0.4, 0.5) is 5.69 Å². The van der Waals surface area contributed by atoms with E-state index in [1.807, 2.05) is 36.4 Å². The van der Waals surface area contributed by atoms with Crippen LogP contribution in [0.25, 0.3) is 22.4 Å². The Morgan fingerprint density at radius 3 is 2.48 bits per heavy atom. The molecule has 1 aromatic heterocycles. The van der Waals surface area contributed by atoms with E-state index in [2.05, 4.69) is 15.3 Å². The monoisotopic (exact) mass is 405 g/mol. The highest BCUT2D eigenvalue weighted by molar-refractivity contribution is 7.89. The average Bonchev–Trinajstić information content (AvgIpc) is 3.11. The van der Waals surface area contributed by atoms with E-state index < -0.39 is 9.84 Å². The van der Waals surface area contributed by atoms with E-state index in [0.29, 0.717) is 16.8 Å². The highest BCUT2D eigenvalue weighted by Gasteiger charge is 2.10. The summed E-state index contributed by atoms with van der Waals surface area (Å²) in [5.41, 5.74) is 4.41. The number of fused-ring (bicyclic) bond motifs is 1. The lowest BCUT2D eigenvalue weighted by molar-refractivity contribution is 0.102. The van der Waals surface area contributed by atoms with Crippen LogP contribution in [0.2, 0.25) is 0 Å². The zero-order chi connectivity index (χ0) is 20.4. The van der Waals surface area contributed by atoms with Crippen LogP contribution in [-0.2, 0) is 15.6 Å². The van der Waals surface area contributed by atoms with E-state index in [9.17, 15) is 13.2 Å². The SMILES string of the molecule is CS(=O)(=O)Cc1cccc(C(=O)Nc2ccc(-c3nc4ccccc4[nH]3)cc2)c1. The second kappa shape index (κ2) is 7.52. The second-order valence-corrected chi connectivity index (χ2v) is 9.04. The van der Waals surface area contributed by atoms with Gasteiger partial charge >= 0.3 is 0 Å². The summed E-state index contributed by atoms with van der Waals surface area (Å²) in [5.74, 6) is 0.370. The number of aromatic nitrogens is 2. The second-order valence-electron chi connectivity index (χ2n) is 6.90. The number of hydrogen-bond donors (Lipinski definition) is 2. The van der Waals surface area contributed by atoms with Gasteiger partial charge in [0.15, 0.2) is 9.84 Å². The molecule has 0 unspecified atom stereocenters. The number of carbonyl (C=O) groups is 1. The van der Waals surface area contributed by atoms with Gasteiger partial charge < -0.3 is 10.3 Å². The van der Waals surface area contributed by atoms with Crippen LogP contribution < -0.4 is 5.32 Å². The van der Waals surface area contributed by atoms with Gasteiger partial charge in [-0.15, -0.1) is 0 Å². The van der Waals surface area contributed by atoms with E-state index in [0.717, 1.165) is 22.4 Å². The van der Waals surface area contributed by atoms with E-state index in [-0.39, 0.29) is 11.7 Å². The van der Waals surface area contributed by atoms with Crippen LogP contribution in [0.5, 0.6) is 0 Å². The molecule has 0 bridgehead atoms. The standard InChI is InChI=1S/C22H19N3O3S/c1-29(27,28)14-15-5-4-6-17(13-15)22(26)23-18-11-9-16(10-12-18)21-24-19-7-2-3-8-20(19)25-21/h2-13H,14H2,1H3,(H,23,26)(H,24,25). The van der Waals surface area contributed by atoms with Crippen LogP contribution >= 0.6 is 0 Å². The molecule has 0 fully saturated rings. The molecule has 0 aliphatic heterocycles. The topological polar surface area (TPSA) is 91.9 Å². The first-order valence-electron chi connectivity index (χ1n) is 9.01. The number of aromatic amines is 1. The normalized spacial score (nSPS) is 11.5. The highest BCUT2D eigenvalue weighted by Crippen LogP contribution is 2.22. The summed E-state index contributed by atoms with van der Waals surface area (Å²) in [6.45, 7) is 0. The molecule has 0 aliphatic rings. The Morgan fingerprint density at radius 2 is 1.76 bits per heavy atom. The molecule has 0 aliphatic carbocycles. The van der Waals surface area contributed by atoms with Gasteiger partial charge in [0.1, 0.15) is 5.82 Å². The molecule has 146 valence electrons. The molecule has 2 N–H and O–H groups in total. The van der Waals surface area contributed by atoms with E-state index in [1.54, 1.807) is 36.4 Å². The van der Waals surface area contributed by atoms with Crippen LogP contribution in [-0.4, -0.2) is 30.5 Å². The summed E-state index contributed by atoms with van der Waals surface area (Å²) in [5, 5.41) is 2.83.